The molecule has 90 valence electrons. The van der Waals surface area contributed by atoms with Crippen LogP contribution in [0.3, 0.4) is 0 Å². The lowest BCUT2D eigenvalue weighted by atomic mass is 10.2. The quantitative estimate of drug-likeness (QED) is 0.775. The molecule has 1 heterocycles. The first-order chi connectivity index (χ1) is 8.36. The van der Waals surface area contributed by atoms with Crippen LogP contribution in [-0.4, -0.2) is 16.6 Å². The molecule has 0 unspecified atom stereocenters. The van der Waals surface area contributed by atoms with Crippen LogP contribution in [0.4, 0.5) is 0 Å². The van der Waals surface area contributed by atoms with E-state index in [1.165, 1.54) is 5.56 Å². The smallest absolute Gasteiger partial charge is 0.0925 e. The van der Waals surface area contributed by atoms with Gasteiger partial charge >= 0.3 is 0 Å². The molecule has 3 nitrogen and oxygen atoms in total. The second-order valence-electron chi connectivity index (χ2n) is 4.12. The summed E-state index contributed by atoms with van der Waals surface area (Å²) in [4.78, 5) is 7.34. The summed E-state index contributed by atoms with van der Waals surface area (Å²) >= 11 is 0. The number of ether oxygens (including phenoxy) is 1. The normalized spacial score (nSPS) is 10.6. The fourth-order valence-electron chi connectivity index (χ4n) is 1.75. The van der Waals surface area contributed by atoms with Gasteiger partial charge in [0.2, 0.25) is 0 Å². The molecule has 0 aliphatic carbocycles. The van der Waals surface area contributed by atoms with E-state index < -0.39 is 0 Å². The van der Waals surface area contributed by atoms with Gasteiger partial charge in [0.25, 0.3) is 0 Å². The first-order valence-corrected chi connectivity index (χ1v) is 5.97. The molecule has 2 aromatic rings. The van der Waals surface area contributed by atoms with Gasteiger partial charge < -0.3 is 9.72 Å². The van der Waals surface area contributed by atoms with E-state index in [0.29, 0.717) is 6.61 Å². The maximum atomic E-state index is 5.62. The van der Waals surface area contributed by atoms with Crippen LogP contribution in [0.25, 0.3) is 0 Å². The molecule has 0 amide bonds. The number of H-pyrrole nitrogens is 1. The second kappa shape index (κ2) is 6.21. The van der Waals surface area contributed by atoms with Gasteiger partial charge in [-0.25, -0.2) is 4.98 Å². The third-order valence-corrected chi connectivity index (χ3v) is 2.75. The molecular formula is C14H18N2O. The average Bonchev–Trinajstić information content (AvgIpc) is 2.76. The van der Waals surface area contributed by atoms with E-state index in [2.05, 4.69) is 22.1 Å². The summed E-state index contributed by atoms with van der Waals surface area (Å²) in [6.45, 7) is 3.52. The lowest BCUT2D eigenvalue weighted by Gasteiger charge is -2.03. The highest BCUT2D eigenvalue weighted by molar-refractivity contribution is 5.13. The number of benzene rings is 1. The van der Waals surface area contributed by atoms with Crippen LogP contribution in [0.5, 0.6) is 0 Å². The number of nitrogens with zero attached hydrogens (tertiary/aromatic N) is 1. The lowest BCUT2D eigenvalue weighted by molar-refractivity contribution is 0.118. The zero-order valence-corrected chi connectivity index (χ0v) is 10.1. The molecule has 0 saturated carbocycles. The molecule has 0 aliphatic rings. The molecule has 0 fully saturated rings. The highest BCUT2D eigenvalue weighted by atomic mass is 16.5. The Labute approximate surface area is 102 Å². The molecule has 17 heavy (non-hydrogen) atoms. The molecule has 0 spiro atoms. The highest BCUT2D eigenvalue weighted by Crippen LogP contribution is 2.05. The van der Waals surface area contributed by atoms with Crippen molar-refractivity contribution >= 4 is 0 Å². The number of nitrogens with one attached hydrogen (secondary N) is 1. The Hall–Kier alpha value is -1.61. The largest absolute Gasteiger partial charge is 0.377 e. The summed E-state index contributed by atoms with van der Waals surface area (Å²) in [5.41, 5.74) is 3.53. The van der Waals surface area contributed by atoms with Crippen LogP contribution in [-0.2, 0) is 17.8 Å². The monoisotopic (exact) mass is 230 g/mol. The number of hydrogen-bond donors (Lipinski definition) is 1. The predicted molar refractivity (Wildman–Crippen MR) is 67.7 cm³/mol. The molecule has 3 heteroatoms. The first kappa shape index (κ1) is 11.9. The van der Waals surface area contributed by atoms with Gasteiger partial charge in [0, 0.05) is 12.3 Å². The summed E-state index contributed by atoms with van der Waals surface area (Å²) in [5.74, 6) is 0. The van der Waals surface area contributed by atoms with Crippen LogP contribution < -0.4 is 0 Å². The van der Waals surface area contributed by atoms with E-state index in [4.69, 9.17) is 4.74 Å². The van der Waals surface area contributed by atoms with Gasteiger partial charge in [-0.2, -0.15) is 0 Å². The van der Waals surface area contributed by atoms with Crippen molar-refractivity contribution in [1.29, 1.82) is 0 Å². The molecule has 1 N–H and O–H groups in total. The van der Waals surface area contributed by atoms with Gasteiger partial charge in [-0.1, -0.05) is 30.3 Å². The molecule has 0 radical (unpaired) electrons. The number of aromatic amines is 1. The Morgan fingerprint density at radius 1 is 1.24 bits per heavy atom. The molecule has 2 rings (SSSR count). The second-order valence-corrected chi connectivity index (χ2v) is 4.12. The minimum absolute atomic E-state index is 0.695. The van der Waals surface area contributed by atoms with Crippen molar-refractivity contribution in [2.45, 2.75) is 26.4 Å². The Morgan fingerprint density at radius 2 is 2.06 bits per heavy atom. The number of rotatable bonds is 6. The topological polar surface area (TPSA) is 37.9 Å². The fourth-order valence-corrected chi connectivity index (χ4v) is 1.75. The van der Waals surface area contributed by atoms with Crippen LogP contribution in [0.1, 0.15) is 23.4 Å². The Bertz CT molecular complexity index is 436. The van der Waals surface area contributed by atoms with Crippen LogP contribution >= 0.6 is 0 Å². The third-order valence-electron chi connectivity index (χ3n) is 2.75. The number of aryl methyl sites for hydroxylation is 2. The van der Waals surface area contributed by atoms with Crippen molar-refractivity contribution in [3.05, 3.63) is 53.6 Å². The first-order valence-electron chi connectivity index (χ1n) is 5.97. The van der Waals surface area contributed by atoms with Gasteiger partial charge in [-0.05, 0) is 25.3 Å². The average molecular weight is 230 g/mol. The standard InChI is InChI=1S/C14H18N2O/c1-12-14(16-11-15-12)8-5-9-17-10-13-6-3-2-4-7-13/h2-4,6-7,11H,5,8-10H2,1H3,(H,15,16). The van der Waals surface area contributed by atoms with E-state index in [9.17, 15) is 0 Å². The van der Waals surface area contributed by atoms with Crippen molar-refractivity contribution < 1.29 is 4.74 Å². The molecule has 0 saturated heterocycles. The summed E-state index contributed by atoms with van der Waals surface area (Å²) in [6, 6.07) is 10.2. The molecule has 1 aromatic heterocycles. The Kier molecular flexibility index (Phi) is 4.33. The van der Waals surface area contributed by atoms with Gasteiger partial charge in [-0.3, -0.25) is 0 Å². The SMILES string of the molecule is Cc1[nH]cnc1CCCOCc1ccccc1. The van der Waals surface area contributed by atoms with Gasteiger partial charge in [0.05, 0.1) is 18.6 Å². The maximum absolute atomic E-state index is 5.62. The van der Waals surface area contributed by atoms with Crippen molar-refractivity contribution in [3.8, 4) is 0 Å². The fraction of sp³-hybridized carbons (Fsp3) is 0.357. The van der Waals surface area contributed by atoms with Crippen molar-refractivity contribution in [3.63, 3.8) is 0 Å². The van der Waals surface area contributed by atoms with E-state index in [0.717, 1.165) is 30.8 Å². The molecule has 0 aliphatic heterocycles. The van der Waals surface area contributed by atoms with Crippen molar-refractivity contribution in [2.24, 2.45) is 0 Å². The van der Waals surface area contributed by atoms with E-state index in [-0.39, 0.29) is 0 Å². The predicted octanol–water partition coefficient (Wildman–Crippen LogP) is 2.87. The van der Waals surface area contributed by atoms with Crippen LogP contribution in [0.2, 0.25) is 0 Å². The maximum Gasteiger partial charge on any atom is 0.0925 e. The van der Waals surface area contributed by atoms with Gasteiger partial charge in [0.15, 0.2) is 0 Å². The van der Waals surface area contributed by atoms with Crippen LogP contribution in [0.15, 0.2) is 36.7 Å². The van der Waals surface area contributed by atoms with Gasteiger partial charge in [-0.15, -0.1) is 0 Å². The summed E-state index contributed by atoms with van der Waals surface area (Å²) in [5, 5.41) is 0. The summed E-state index contributed by atoms with van der Waals surface area (Å²) in [7, 11) is 0. The highest BCUT2D eigenvalue weighted by Gasteiger charge is 2.00. The zero-order chi connectivity index (χ0) is 11.9. The minimum atomic E-state index is 0.695. The third kappa shape index (κ3) is 3.71. The van der Waals surface area contributed by atoms with Crippen molar-refractivity contribution in [2.75, 3.05) is 6.61 Å². The van der Waals surface area contributed by atoms with E-state index in [1.54, 1.807) is 6.33 Å². The van der Waals surface area contributed by atoms with Crippen molar-refractivity contribution in [1.82, 2.24) is 9.97 Å². The van der Waals surface area contributed by atoms with Crippen LogP contribution in [0, 0.1) is 6.92 Å². The minimum Gasteiger partial charge on any atom is -0.377 e. The summed E-state index contributed by atoms with van der Waals surface area (Å²) in [6.07, 6.45) is 3.73. The van der Waals surface area contributed by atoms with E-state index >= 15 is 0 Å². The molecule has 0 atom stereocenters. The zero-order valence-electron chi connectivity index (χ0n) is 10.1. The molecular weight excluding hydrogens is 212 g/mol. The lowest BCUT2D eigenvalue weighted by Crippen LogP contribution is -1.98. The Morgan fingerprint density at radius 3 is 2.76 bits per heavy atom. The number of imidazole rings is 1. The van der Waals surface area contributed by atoms with Gasteiger partial charge in [0.1, 0.15) is 0 Å². The number of aromatic nitrogens is 2. The molecule has 0 bridgehead atoms. The molecule has 1 aromatic carbocycles. The summed E-state index contributed by atoms with van der Waals surface area (Å²) < 4.78 is 5.62. The number of hydrogen-bond acceptors (Lipinski definition) is 2. The van der Waals surface area contributed by atoms with E-state index in [1.807, 2.05) is 25.1 Å². The Balaban J connectivity index is 1.63.